The molecule has 2 aromatic rings. The third-order valence-corrected chi connectivity index (χ3v) is 3.14. The van der Waals surface area contributed by atoms with Crippen LogP contribution in [0.5, 0.6) is 0 Å². The van der Waals surface area contributed by atoms with Gasteiger partial charge in [-0.05, 0) is 13.8 Å². The van der Waals surface area contributed by atoms with E-state index in [4.69, 9.17) is 4.52 Å². The Balaban J connectivity index is 1.96. The highest BCUT2D eigenvalue weighted by Crippen LogP contribution is 2.13. The van der Waals surface area contributed by atoms with Gasteiger partial charge in [-0.2, -0.15) is 4.98 Å². The molecule has 0 atom stereocenters. The van der Waals surface area contributed by atoms with Gasteiger partial charge in [0.15, 0.2) is 5.82 Å². The molecule has 0 unspecified atom stereocenters. The Kier molecular flexibility index (Phi) is 3.63. The molecule has 17 heavy (non-hydrogen) atoms. The average molecular weight is 251 g/mol. The van der Waals surface area contributed by atoms with Crippen molar-refractivity contribution < 1.29 is 9.32 Å². The molecular weight excluding hydrogens is 238 g/mol. The minimum absolute atomic E-state index is 0.125. The minimum atomic E-state index is 0.125. The Labute approximate surface area is 103 Å². The lowest BCUT2D eigenvalue weighted by molar-refractivity contribution is -0.117. The third-order valence-electron chi connectivity index (χ3n) is 2.18. The highest BCUT2D eigenvalue weighted by molar-refractivity contribution is 7.09. The van der Waals surface area contributed by atoms with Crippen LogP contribution >= 0.6 is 11.3 Å². The predicted molar refractivity (Wildman–Crippen MR) is 63.0 cm³/mol. The maximum atomic E-state index is 10.8. The van der Waals surface area contributed by atoms with Gasteiger partial charge in [-0.25, -0.2) is 4.98 Å². The first-order chi connectivity index (χ1) is 8.13. The summed E-state index contributed by atoms with van der Waals surface area (Å²) in [6.45, 7) is 3.50. The second-order valence-corrected chi connectivity index (χ2v) is 4.81. The summed E-state index contributed by atoms with van der Waals surface area (Å²) in [5.74, 6) is 1.27. The number of nitrogens with zero attached hydrogens (tertiary/aromatic N) is 3. The second kappa shape index (κ2) is 5.18. The summed E-state index contributed by atoms with van der Waals surface area (Å²) >= 11 is 1.58. The Morgan fingerprint density at radius 2 is 2.29 bits per heavy atom. The third kappa shape index (κ3) is 3.45. The molecule has 2 aromatic heterocycles. The lowest BCUT2D eigenvalue weighted by Gasteiger charge is -1.89. The summed E-state index contributed by atoms with van der Waals surface area (Å²) in [5, 5.41) is 6.83. The highest BCUT2D eigenvalue weighted by atomic mass is 32.1. The lowest BCUT2D eigenvalue weighted by atomic mass is 10.2. The van der Waals surface area contributed by atoms with Crippen LogP contribution in [0.2, 0.25) is 0 Å². The Bertz CT molecular complexity index is 518. The van der Waals surface area contributed by atoms with Crippen LogP contribution in [0.25, 0.3) is 0 Å². The van der Waals surface area contributed by atoms with Gasteiger partial charge in [0.2, 0.25) is 5.89 Å². The van der Waals surface area contributed by atoms with Crippen molar-refractivity contribution in [1.82, 2.24) is 15.1 Å². The molecule has 0 bridgehead atoms. The number of hydrogen-bond donors (Lipinski definition) is 0. The highest BCUT2D eigenvalue weighted by Gasteiger charge is 2.09. The molecule has 6 heteroatoms. The number of hydrogen-bond acceptors (Lipinski definition) is 6. The molecule has 0 aromatic carbocycles. The normalized spacial score (nSPS) is 10.7. The molecule has 0 aliphatic heterocycles. The monoisotopic (exact) mass is 251 g/mol. The quantitative estimate of drug-likeness (QED) is 0.812. The van der Waals surface area contributed by atoms with Gasteiger partial charge in [0.25, 0.3) is 0 Å². The molecule has 0 N–H and O–H groups in total. The van der Waals surface area contributed by atoms with Crippen molar-refractivity contribution in [2.24, 2.45) is 0 Å². The van der Waals surface area contributed by atoms with Crippen LogP contribution in [-0.2, 0) is 17.6 Å². The average Bonchev–Trinajstić information content (AvgIpc) is 2.86. The first kappa shape index (κ1) is 11.9. The van der Waals surface area contributed by atoms with E-state index in [1.165, 1.54) is 0 Å². The van der Waals surface area contributed by atoms with Gasteiger partial charge in [0.05, 0.1) is 6.42 Å². The zero-order chi connectivity index (χ0) is 12.3. The Hall–Kier alpha value is -1.56. The van der Waals surface area contributed by atoms with Gasteiger partial charge in [-0.15, -0.1) is 11.3 Å². The van der Waals surface area contributed by atoms with E-state index in [2.05, 4.69) is 15.1 Å². The van der Waals surface area contributed by atoms with Gasteiger partial charge < -0.3 is 9.32 Å². The van der Waals surface area contributed by atoms with E-state index in [-0.39, 0.29) is 5.78 Å². The van der Waals surface area contributed by atoms with Crippen LogP contribution in [-0.4, -0.2) is 20.9 Å². The van der Waals surface area contributed by atoms with Crippen molar-refractivity contribution in [1.29, 1.82) is 0 Å². The minimum Gasteiger partial charge on any atom is -0.339 e. The van der Waals surface area contributed by atoms with Crippen LogP contribution in [0.4, 0.5) is 0 Å². The molecule has 0 aliphatic rings. The van der Waals surface area contributed by atoms with E-state index in [9.17, 15) is 4.79 Å². The van der Waals surface area contributed by atoms with Crippen molar-refractivity contribution in [3.05, 3.63) is 27.8 Å². The summed E-state index contributed by atoms with van der Waals surface area (Å²) in [5.41, 5.74) is 1.00. The predicted octanol–water partition coefficient (Wildman–Crippen LogP) is 1.95. The maximum Gasteiger partial charge on any atom is 0.227 e. The fourth-order valence-corrected chi connectivity index (χ4v) is 2.13. The van der Waals surface area contributed by atoms with Gasteiger partial charge >= 0.3 is 0 Å². The van der Waals surface area contributed by atoms with Crippen molar-refractivity contribution >= 4 is 17.1 Å². The van der Waals surface area contributed by atoms with Crippen LogP contribution in [0.15, 0.2) is 9.90 Å². The smallest absolute Gasteiger partial charge is 0.227 e. The van der Waals surface area contributed by atoms with E-state index in [0.717, 1.165) is 10.7 Å². The van der Waals surface area contributed by atoms with E-state index in [1.807, 2.05) is 12.3 Å². The molecule has 5 nitrogen and oxygen atoms in total. The van der Waals surface area contributed by atoms with Gasteiger partial charge in [0, 0.05) is 23.9 Å². The number of aryl methyl sites for hydroxylation is 2. The summed E-state index contributed by atoms with van der Waals surface area (Å²) in [7, 11) is 0. The summed E-state index contributed by atoms with van der Waals surface area (Å²) in [6, 6.07) is 0. The van der Waals surface area contributed by atoms with Gasteiger partial charge in [-0.1, -0.05) is 5.16 Å². The van der Waals surface area contributed by atoms with E-state index >= 15 is 0 Å². The van der Waals surface area contributed by atoms with Crippen molar-refractivity contribution in [3.8, 4) is 0 Å². The number of ketones is 1. The van der Waals surface area contributed by atoms with Crippen molar-refractivity contribution in [2.45, 2.75) is 33.1 Å². The van der Waals surface area contributed by atoms with E-state index in [0.29, 0.717) is 31.0 Å². The van der Waals surface area contributed by atoms with Crippen LogP contribution in [0.1, 0.15) is 35.8 Å². The molecular formula is C11H13N3O2S. The number of Topliss-reactive ketones (excluding diaryl/α,β-unsaturated/α-hetero) is 1. The number of rotatable bonds is 5. The topological polar surface area (TPSA) is 68.9 Å². The van der Waals surface area contributed by atoms with E-state index in [1.54, 1.807) is 18.3 Å². The number of carbonyl (C=O) groups excluding carboxylic acids is 1. The summed E-state index contributed by atoms with van der Waals surface area (Å²) in [4.78, 5) is 19.4. The van der Waals surface area contributed by atoms with Crippen LogP contribution in [0, 0.1) is 6.92 Å². The molecule has 0 radical (unpaired) electrons. The first-order valence-corrected chi connectivity index (χ1v) is 6.23. The SMILES string of the molecule is CC(=O)CCc1nc(Cc2nc(C)cs2)no1. The first-order valence-electron chi connectivity index (χ1n) is 5.35. The van der Waals surface area contributed by atoms with E-state index < -0.39 is 0 Å². The summed E-state index contributed by atoms with van der Waals surface area (Å²) < 4.78 is 5.06. The molecule has 2 heterocycles. The second-order valence-electron chi connectivity index (χ2n) is 3.87. The summed E-state index contributed by atoms with van der Waals surface area (Å²) in [6.07, 6.45) is 1.54. The number of carbonyl (C=O) groups is 1. The number of thiazole rings is 1. The zero-order valence-electron chi connectivity index (χ0n) is 9.77. The molecule has 0 saturated carbocycles. The van der Waals surface area contributed by atoms with Gasteiger partial charge in [-0.3, -0.25) is 0 Å². The largest absolute Gasteiger partial charge is 0.339 e. The molecule has 0 saturated heterocycles. The maximum absolute atomic E-state index is 10.8. The molecule has 0 fully saturated rings. The Morgan fingerprint density at radius 3 is 2.94 bits per heavy atom. The van der Waals surface area contributed by atoms with Crippen LogP contribution in [0.3, 0.4) is 0 Å². The molecule has 90 valence electrons. The standard InChI is InChI=1S/C11H13N3O2S/c1-7-6-17-11(12-7)5-9-13-10(16-14-9)4-3-8(2)15/h6H,3-5H2,1-2H3. The molecule has 0 amide bonds. The van der Waals surface area contributed by atoms with Crippen molar-refractivity contribution in [2.75, 3.05) is 0 Å². The lowest BCUT2D eigenvalue weighted by Crippen LogP contribution is -1.95. The van der Waals surface area contributed by atoms with Crippen LogP contribution < -0.4 is 0 Å². The molecule has 2 rings (SSSR count). The molecule has 0 spiro atoms. The fraction of sp³-hybridized carbons (Fsp3) is 0.455. The molecule has 0 aliphatic carbocycles. The van der Waals surface area contributed by atoms with Crippen molar-refractivity contribution in [3.63, 3.8) is 0 Å². The Morgan fingerprint density at radius 1 is 1.47 bits per heavy atom. The van der Waals surface area contributed by atoms with Gasteiger partial charge in [0.1, 0.15) is 10.8 Å². The zero-order valence-corrected chi connectivity index (χ0v) is 10.6. The fourth-order valence-electron chi connectivity index (χ4n) is 1.37. The number of aromatic nitrogens is 3.